The smallest absolute Gasteiger partial charge is 0.379 e. The molecular weight excluding hydrogens is 522 g/mol. The van der Waals surface area contributed by atoms with Crippen LogP contribution in [0.3, 0.4) is 0 Å². The van der Waals surface area contributed by atoms with Crippen LogP contribution in [-0.4, -0.2) is 47.8 Å². The Morgan fingerprint density at radius 1 is 0.632 bits per heavy atom. The summed E-state index contributed by atoms with van der Waals surface area (Å²) in [5, 5.41) is 10.1. The molecule has 0 fully saturated rings. The monoisotopic (exact) mass is 550 g/mol. The summed E-state index contributed by atoms with van der Waals surface area (Å²) in [6.45, 7) is 6.57. The van der Waals surface area contributed by atoms with Crippen LogP contribution in [0.1, 0.15) is 27.7 Å². The number of carbonyl (C=O) groups is 4. The lowest BCUT2D eigenvalue weighted by Gasteiger charge is -2.21. The number of anilines is 2. The van der Waals surface area contributed by atoms with Crippen LogP contribution >= 0.6 is 0 Å². The molecule has 0 saturated heterocycles. The van der Waals surface area contributed by atoms with E-state index in [1.807, 2.05) is 0 Å². The normalized spacial score (nSPS) is 14.0. The van der Waals surface area contributed by atoms with Crippen molar-refractivity contribution >= 4 is 34.8 Å². The Hall–Kier alpha value is -3.84. The molecule has 0 saturated carbocycles. The first-order valence-corrected chi connectivity index (χ1v) is 11.2. The number of ketones is 2. The van der Waals surface area contributed by atoms with Gasteiger partial charge in [-0.25, -0.2) is 0 Å². The predicted octanol–water partition coefficient (Wildman–Crippen LogP) is 4.08. The minimum Gasteiger partial charge on any atom is -0.379 e. The fourth-order valence-electron chi connectivity index (χ4n) is 2.86. The van der Waals surface area contributed by atoms with E-state index in [0.29, 0.717) is 11.4 Å². The Morgan fingerprint density at radius 3 is 1.16 bits per heavy atom. The highest BCUT2D eigenvalue weighted by Gasteiger charge is 2.37. The van der Waals surface area contributed by atoms with E-state index in [9.17, 15) is 45.5 Å². The van der Waals surface area contributed by atoms with Crippen molar-refractivity contribution in [3.8, 4) is 0 Å². The summed E-state index contributed by atoms with van der Waals surface area (Å²) in [7, 11) is 0. The molecule has 0 heterocycles. The molecule has 1 aromatic carbocycles. The van der Waals surface area contributed by atoms with Crippen molar-refractivity contribution in [2.24, 2.45) is 11.8 Å². The van der Waals surface area contributed by atoms with Gasteiger partial charge >= 0.3 is 12.4 Å². The molecular formula is C24H28F6N4O4. The first-order chi connectivity index (χ1) is 17.4. The molecule has 0 aliphatic heterocycles. The number of benzene rings is 1. The van der Waals surface area contributed by atoms with Crippen molar-refractivity contribution < 1.29 is 45.5 Å². The third-order valence-corrected chi connectivity index (χ3v) is 4.90. The van der Waals surface area contributed by atoms with Crippen molar-refractivity contribution in [2.45, 2.75) is 52.1 Å². The Morgan fingerprint density at radius 2 is 0.921 bits per heavy atom. The summed E-state index contributed by atoms with van der Waals surface area (Å²) < 4.78 is 73.8. The van der Waals surface area contributed by atoms with E-state index in [-0.39, 0.29) is 24.0 Å². The molecule has 0 spiro atoms. The topological polar surface area (TPSA) is 116 Å². The van der Waals surface area contributed by atoms with Crippen molar-refractivity contribution in [1.82, 2.24) is 10.6 Å². The van der Waals surface area contributed by atoms with Crippen molar-refractivity contribution in [2.75, 3.05) is 10.6 Å². The van der Waals surface area contributed by atoms with E-state index in [0.717, 1.165) is 12.4 Å². The summed E-state index contributed by atoms with van der Waals surface area (Å²) in [5.74, 6) is -6.06. The van der Waals surface area contributed by atoms with Crippen LogP contribution in [0.25, 0.3) is 0 Å². The summed E-state index contributed by atoms with van der Waals surface area (Å²) in [4.78, 5) is 47.0. The van der Waals surface area contributed by atoms with Crippen LogP contribution in [-0.2, 0) is 19.2 Å². The standard InChI is InChI=1S/C24H28F6N4O4/c1-13(2)19(31-11-9-17(35)23(25,26)27)21(37)33-15-5-7-16(8-6-15)34-22(38)20(14(3)4)32-12-10-18(36)24(28,29)30/h5-14,19-20,31-32H,1-4H3,(H,33,37)(H,34,38). The molecule has 1 aromatic rings. The second-order valence-electron chi connectivity index (χ2n) is 8.72. The number of allylic oxidation sites excluding steroid dienone is 2. The van der Waals surface area contributed by atoms with Gasteiger partial charge in [-0.15, -0.1) is 0 Å². The maximum atomic E-state index is 12.6. The van der Waals surface area contributed by atoms with E-state index >= 15 is 0 Å². The number of hydrogen-bond donors (Lipinski definition) is 4. The number of amides is 2. The van der Waals surface area contributed by atoms with Gasteiger partial charge in [0.25, 0.3) is 11.6 Å². The molecule has 0 aromatic heterocycles. The third-order valence-electron chi connectivity index (χ3n) is 4.90. The number of alkyl halides is 6. The number of halogens is 6. The second kappa shape index (κ2) is 13.6. The second-order valence-corrected chi connectivity index (χ2v) is 8.72. The average molecular weight is 551 g/mol. The van der Waals surface area contributed by atoms with Crippen LogP contribution < -0.4 is 21.3 Å². The van der Waals surface area contributed by atoms with Gasteiger partial charge in [0.15, 0.2) is 0 Å². The molecule has 38 heavy (non-hydrogen) atoms. The highest BCUT2D eigenvalue weighted by atomic mass is 19.4. The Labute approximate surface area is 214 Å². The Balaban J connectivity index is 2.80. The lowest BCUT2D eigenvalue weighted by atomic mass is 10.0. The minimum atomic E-state index is -5.03. The Bertz CT molecular complexity index is 964. The van der Waals surface area contributed by atoms with Gasteiger partial charge in [-0.3, -0.25) is 19.2 Å². The lowest BCUT2D eigenvalue weighted by molar-refractivity contribution is -0.165. The summed E-state index contributed by atoms with van der Waals surface area (Å²) in [6.07, 6.45) is -7.98. The highest BCUT2D eigenvalue weighted by Crippen LogP contribution is 2.18. The molecule has 4 N–H and O–H groups in total. The minimum absolute atomic E-state index is 0.281. The summed E-state index contributed by atoms with van der Waals surface area (Å²) in [6, 6.07) is 3.81. The largest absolute Gasteiger partial charge is 0.454 e. The maximum absolute atomic E-state index is 12.6. The molecule has 2 atom stereocenters. The molecule has 0 aliphatic carbocycles. The molecule has 2 unspecified atom stereocenters. The van der Waals surface area contributed by atoms with Crippen molar-refractivity contribution in [1.29, 1.82) is 0 Å². The molecule has 2 amide bonds. The van der Waals surface area contributed by atoms with Crippen LogP contribution in [0, 0.1) is 11.8 Å². The van der Waals surface area contributed by atoms with Crippen LogP contribution in [0.5, 0.6) is 0 Å². The van der Waals surface area contributed by atoms with Crippen LogP contribution in [0.2, 0.25) is 0 Å². The zero-order valence-corrected chi connectivity index (χ0v) is 20.8. The van der Waals surface area contributed by atoms with Gasteiger partial charge in [0.2, 0.25) is 11.8 Å². The molecule has 210 valence electrons. The van der Waals surface area contributed by atoms with Gasteiger partial charge in [0, 0.05) is 35.9 Å². The van der Waals surface area contributed by atoms with Crippen LogP contribution in [0.4, 0.5) is 37.7 Å². The molecule has 1 rings (SSSR count). The van der Waals surface area contributed by atoms with Gasteiger partial charge in [0.1, 0.15) is 12.1 Å². The first-order valence-electron chi connectivity index (χ1n) is 11.2. The number of hydrogen-bond acceptors (Lipinski definition) is 6. The molecule has 8 nitrogen and oxygen atoms in total. The third kappa shape index (κ3) is 10.6. The van der Waals surface area contributed by atoms with Crippen molar-refractivity contribution in [3.05, 3.63) is 48.8 Å². The predicted molar refractivity (Wildman–Crippen MR) is 128 cm³/mol. The van der Waals surface area contributed by atoms with E-state index in [4.69, 9.17) is 0 Å². The van der Waals surface area contributed by atoms with Crippen molar-refractivity contribution in [3.63, 3.8) is 0 Å². The zero-order chi connectivity index (χ0) is 29.3. The van der Waals surface area contributed by atoms with Gasteiger partial charge in [-0.1, -0.05) is 27.7 Å². The Kier molecular flexibility index (Phi) is 11.5. The average Bonchev–Trinajstić information content (AvgIpc) is 2.78. The molecule has 0 bridgehead atoms. The van der Waals surface area contributed by atoms with E-state index in [2.05, 4.69) is 21.3 Å². The lowest BCUT2D eigenvalue weighted by Crippen LogP contribution is -2.42. The fourth-order valence-corrected chi connectivity index (χ4v) is 2.86. The van der Waals surface area contributed by atoms with Gasteiger partial charge in [0.05, 0.1) is 0 Å². The van der Waals surface area contributed by atoms with Gasteiger partial charge < -0.3 is 21.3 Å². The van der Waals surface area contributed by atoms with E-state index in [1.54, 1.807) is 27.7 Å². The number of carbonyl (C=O) groups excluding carboxylic acids is 4. The maximum Gasteiger partial charge on any atom is 0.454 e. The molecule has 0 aliphatic rings. The van der Waals surface area contributed by atoms with E-state index in [1.165, 1.54) is 24.3 Å². The summed E-state index contributed by atoms with van der Waals surface area (Å²) in [5.41, 5.74) is 0.589. The highest BCUT2D eigenvalue weighted by molar-refractivity contribution is 5.98. The van der Waals surface area contributed by atoms with Gasteiger partial charge in [-0.2, -0.15) is 26.3 Å². The number of rotatable bonds is 12. The van der Waals surface area contributed by atoms with Crippen LogP contribution in [0.15, 0.2) is 48.8 Å². The molecule has 0 radical (unpaired) electrons. The summed E-state index contributed by atoms with van der Waals surface area (Å²) >= 11 is 0. The zero-order valence-electron chi connectivity index (χ0n) is 20.8. The quantitative estimate of drug-likeness (QED) is 0.230. The first kappa shape index (κ1) is 32.2. The number of nitrogens with one attached hydrogen (secondary N) is 4. The fraction of sp³-hybridized carbons (Fsp3) is 0.417. The molecule has 14 heteroatoms. The van der Waals surface area contributed by atoms with E-state index < -0.39 is 47.8 Å². The van der Waals surface area contributed by atoms with Gasteiger partial charge in [-0.05, 0) is 36.1 Å². The SMILES string of the molecule is CC(C)C(NC=CC(=O)C(F)(F)F)C(=O)Nc1ccc(NC(=O)C(NC=CC(=O)C(F)(F)F)C(C)C)cc1.